The minimum absolute atomic E-state index is 0.0462. The van der Waals surface area contributed by atoms with Crippen molar-refractivity contribution in [3.8, 4) is 0 Å². The molecule has 0 aromatic carbocycles. The third kappa shape index (κ3) is 6.93. The first-order valence-electron chi connectivity index (χ1n) is 6.57. The molecular weight excluding hydrogens is 232 g/mol. The number of nitrogens with two attached hydrogens (primary N) is 1. The number of nitrogens with one attached hydrogen (secondary N) is 1. The van der Waals surface area contributed by atoms with Crippen molar-refractivity contribution in [2.75, 3.05) is 19.8 Å². The first-order valence-corrected chi connectivity index (χ1v) is 6.57. The Morgan fingerprint density at radius 2 is 2.06 bits per heavy atom. The van der Waals surface area contributed by atoms with Gasteiger partial charge >= 0.3 is 0 Å². The van der Waals surface area contributed by atoms with Gasteiger partial charge in [-0.15, -0.1) is 0 Å². The van der Waals surface area contributed by atoms with Crippen LogP contribution in [0.1, 0.15) is 40.5 Å². The Balaban J connectivity index is 4.33. The van der Waals surface area contributed by atoms with E-state index in [-0.39, 0.29) is 36.5 Å². The van der Waals surface area contributed by atoms with Crippen molar-refractivity contribution >= 4 is 5.91 Å². The summed E-state index contributed by atoms with van der Waals surface area (Å²) in [6, 6.07) is -0.0462. The Morgan fingerprint density at radius 3 is 2.44 bits per heavy atom. The van der Waals surface area contributed by atoms with Crippen LogP contribution in [0.3, 0.4) is 0 Å². The van der Waals surface area contributed by atoms with E-state index in [4.69, 9.17) is 15.6 Å². The molecule has 0 aromatic rings. The number of aliphatic hydroxyl groups is 1. The second-order valence-corrected chi connectivity index (χ2v) is 5.52. The molecule has 0 bridgehead atoms. The Hall–Kier alpha value is -0.650. The lowest BCUT2D eigenvalue weighted by molar-refractivity contribution is -0.125. The van der Waals surface area contributed by atoms with Crippen LogP contribution in [0, 0.1) is 5.41 Å². The first-order chi connectivity index (χ1) is 8.35. The molecule has 0 aliphatic carbocycles. The van der Waals surface area contributed by atoms with Crippen LogP contribution in [-0.4, -0.2) is 42.9 Å². The van der Waals surface area contributed by atoms with Crippen LogP contribution < -0.4 is 11.1 Å². The highest BCUT2D eigenvalue weighted by Gasteiger charge is 2.26. The highest BCUT2D eigenvalue weighted by Crippen LogP contribution is 2.21. The van der Waals surface area contributed by atoms with Gasteiger partial charge in [0, 0.05) is 25.8 Å². The molecule has 108 valence electrons. The van der Waals surface area contributed by atoms with E-state index >= 15 is 0 Å². The lowest BCUT2D eigenvalue weighted by Crippen LogP contribution is -2.45. The van der Waals surface area contributed by atoms with Crippen molar-refractivity contribution < 1.29 is 14.6 Å². The SMILES string of the molecule is CCOC(CN)CC(=O)NC(CCO)C(C)(C)C. The van der Waals surface area contributed by atoms with Gasteiger partial charge in [0.05, 0.1) is 12.5 Å². The van der Waals surface area contributed by atoms with Crippen LogP contribution in [0.5, 0.6) is 0 Å². The molecule has 0 aromatic heterocycles. The Bertz CT molecular complexity index is 239. The van der Waals surface area contributed by atoms with E-state index in [2.05, 4.69) is 5.32 Å². The Labute approximate surface area is 110 Å². The molecule has 0 saturated carbocycles. The van der Waals surface area contributed by atoms with E-state index in [0.29, 0.717) is 19.6 Å². The molecule has 0 aliphatic rings. The molecule has 0 heterocycles. The summed E-state index contributed by atoms with van der Waals surface area (Å²) in [5.41, 5.74) is 5.46. The van der Waals surface area contributed by atoms with Crippen LogP contribution in [0.15, 0.2) is 0 Å². The van der Waals surface area contributed by atoms with Crippen molar-refractivity contribution in [1.29, 1.82) is 0 Å². The molecule has 18 heavy (non-hydrogen) atoms. The normalized spacial score (nSPS) is 15.2. The van der Waals surface area contributed by atoms with E-state index in [1.165, 1.54) is 0 Å². The predicted octanol–water partition coefficient (Wildman–Crippen LogP) is 0.654. The highest BCUT2D eigenvalue weighted by molar-refractivity contribution is 5.76. The number of hydrogen-bond acceptors (Lipinski definition) is 4. The summed E-state index contributed by atoms with van der Waals surface area (Å²) >= 11 is 0. The van der Waals surface area contributed by atoms with Crippen molar-refractivity contribution in [2.24, 2.45) is 11.1 Å². The van der Waals surface area contributed by atoms with E-state index in [9.17, 15) is 4.79 Å². The summed E-state index contributed by atoms with van der Waals surface area (Å²) in [4.78, 5) is 11.9. The van der Waals surface area contributed by atoms with Crippen LogP contribution in [-0.2, 0) is 9.53 Å². The zero-order chi connectivity index (χ0) is 14.2. The summed E-state index contributed by atoms with van der Waals surface area (Å²) in [6.45, 7) is 8.94. The molecule has 0 spiro atoms. The largest absolute Gasteiger partial charge is 0.396 e. The van der Waals surface area contributed by atoms with Gasteiger partial charge in [0.25, 0.3) is 0 Å². The minimum Gasteiger partial charge on any atom is -0.396 e. The van der Waals surface area contributed by atoms with Crippen LogP contribution in [0.2, 0.25) is 0 Å². The number of carbonyl (C=O) groups is 1. The predicted molar refractivity (Wildman–Crippen MR) is 72.2 cm³/mol. The van der Waals surface area contributed by atoms with Crippen molar-refractivity contribution in [3.05, 3.63) is 0 Å². The van der Waals surface area contributed by atoms with Gasteiger partial charge in [-0.2, -0.15) is 0 Å². The maximum atomic E-state index is 11.9. The maximum absolute atomic E-state index is 11.9. The van der Waals surface area contributed by atoms with E-state index in [1.807, 2.05) is 27.7 Å². The molecule has 0 fully saturated rings. The molecule has 0 radical (unpaired) electrons. The topological polar surface area (TPSA) is 84.6 Å². The monoisotopic (exact) mass is 260 g/mol. The molecule has 4 N–H and O–H groups in total. The van der Waals surface area contributed by atoms with Crippen molar-refractivity contribution in [3.63, 3.8) is 0 Å². The molecule has 1 amide bonds. The van der Waals surface area contributed by atoms with Crippen LogP contribution >= 0.6 is 0 Å². The molecular formula is C13H28N2O3. The van der Waals surface area contributed by atoms with Gasteiger partial charge < -0.3 is 20.9 Å². The Kier molecular flexibility index (Phi) is 8.15. The number of aliphatic hydroxyl groups excluding tert-OH is 1. The van der Waals surface area contributed by atoms with Gasteiger partial charge in [-0.25, -0.2) is 0 Å². The van der Waals surface area contributed by atoms with Crippen molar-refractivity contribution in [2.45, 2.75) is 52.7 Å². The zero-order valence-corrected chi connectivity index (χ0v) is 12.0. The summed E-state index contributed by atoms with van der Waals surface area (Å²) < 4.78 is 5.35. The second kappa shape index (κ2) is 8.45. The third-order valence-corrected chi connectivity index (χ3v) is 2.88. The molecule has 0 rings (SSSR count). The fourth-order valence-electron chi connectivity index (χ4n) is 1.76. The summed E-state index contributed by atoms with van der Waals surface area (Å²) in [7, 11) is 0. The fourth-order valence-corrected chi connectivity index (χ4v) is 1.76. The lowest BCUT2D eigenvalue weighted by Gasteiger charge is -2.31. The first kappa shape index (κ1) is 17.4. The minimum atomic E-state index is -0.232. The van der Waals surface area contributed by atoms with Gasteiger partial charge in [-0.05, 0) is 18.8 Å². The van der Waals surface area contributed by atoms with E-state index in [1.54, 1.807) is 0 Å². The average molecular weight is 260 g/mol. The lowest BCUT2D eigenvalue weighted by atomic mass is 9.85. The number of carbonyl (C=O) groups excluding carboxylic acids is 1. The summed E-state index contributed by atoms with van der Waals surface area (Å²) in [6.07, 6.45) is 0.587. The number of amides is 1. The number of hydrogen-bond donors (Lipinski definition) is 3. The standard InChI is InChI=1S/C13H28N2O3/c1-5-18-10(9-14)8-12(17)15-11(6-7-16)13(2,3)4/h10-11,16H,5-9,14H2,1-4H3,(H,15,17). The van der Waals surface area contributed by atoms with Gasteiger partial charge in [-0.1, -0.05) is 20.8 Å². The molecule has 0 aliphatic heterocycles. The average Bonchev–Trinajstić information content (AvgIpc) is 2.26. The summed E-state index contributed by atoms with van der Waals surface area (Å²) in [5.74, 6) is -0.0766. The highest BCUT2D eigenvalue weighted by atomic mass is 16.5. The van der Waals surface area contributed by atoms with Crippen LogP contribution in [0.25, 0.3) is 0 Å². The molecule has 0 saturated heterocycles. The second-order valence-electron chi connectivity index (χ2n) is 5.52. The van der Waals surface area contributed by atoms with Gasteiger partial charge in [0.15, 0.2) is 0 Å². The number of ether oxygens (including phenoxy) is 1. The maximum Gasteiger partial charge on any atom is 0.222 e. The van der Waals surface area contributed by atoms with Crippen molar-refractivity contribution in [1.82, 2.24) is 5.32 Å². The fraction of sp³-hybridized carbons (Fsp3) is 0.923. The molecule has 5 nitrogen and oxygen atoms in total. The van der Waals surface area contributed by atoms with Crippen LogP contribution in [0.4, 0.5) is 0 Å². The van der Waals surface area contributed by atoms with E-state index < -0.39 is 0 Å². The quantitative estimate of drug-likeness (QED) is 0.598. The summed E-state index contributed by atoms with van der Waals surface area (Å²) in [5, 5.41) is 12.0. The molecule has 5 heteroatoms. The van der Waals surface area contributed by atoms with Gasteiger partial charge in [-0.3, -0.25) is 4.79 Å². The number of rotatable bonds is 8. The zero-order valence-electron chi connectivity index (χ0n) is 12.0. The van der Waals surface area contributed by atoms with Gasteiger partial charge in [0.1, 0.15) is 0 Å². The Morgan fingerprint density at radius 1 is 1.44 bits per heavy atom. The van der Waals surface area contributed by atoms with Gasteiger partial charge in [0.2, 0.25) is 5.91 Å². The third-order valence-electron chi connectivity index (χ3n) is 2.88. The smallest absolute Gasteiger partial charge is 0.222 e. The van der Waals surface area contributed by atoms with E-state index in [0.717, 1.165) is 0 Å². The molecule has 2 atom stereocenters. The molecule has 2 unspecified atom stereocenters.